The number of anilines is 1. The molecule has 7 nitrogen and oxygen atoms in total. The van der Waals surface area contributed by atoms with Gasteiger partial charge in [-0.3, -0.25) is 0 Å². The van der Waals surface area contributed by atoms with Gasteiger partial charge >= 0.3 is 0 Å². The summed E-state index contributed by atoms with van der Waals surface area (Å²) in [5.74, 6) is -0.377. The van der Waals surface area contributed by atoms with E-state index < -0.39 is 12.6 Å². The molecule has 0 saturated carbocycles. The number of ether oxygens (including phenoxy) is 1. The largest absolute Gasteiger partial charge is 0.546 e. The molecule has 1 heterocycles. The zero-order chi connectivity index (χ0) is 15.9. The summed E-state index contributed by atoms with van der Waals surface area (Å²) in [4.78, 5) is 18.7. The van der Waals surface area contributed by atoms with Crippen LogP contribution in [-0.4, -0.2) is 28.8 Å². The average Bonchev–Trinajstić information content (AvgIpc) is 2.45. The van der Waals surface area contributed by atoms with Crippen LogP contribution in [0.15, 0.2) is 35.4 Å². The van der Waals surface area contributed by atoms with E-state index >= 15 is 0 Å². The van der Waals surface area contributed by atoms with E-state index in [2.05, 4.69) is 20.5 Å². The average molecular weight is 299 g/mol. The highest BCUT2D eigenvalue weighted by Gasteiger charge is 1.97. The van der Waals surface area contributed by atoms with E-state index in [0.717, 1.165) is 17.0 Å². The summed E-state index contributed by atoms with van der Waals surface area (Å²) in [6.45, 7) is 3.29. The van der Waals surface area contributed by atoms with Gasteiger partial charge < -0.3 is 14.6 Å². The van der Waals surface area contributed by atoms with Crippen LogP contribution in [-0.2, 0) is 4.79 Å². The Morgan fingerprint density at radius 3 is 2.50 bits per heavy atom. The molecule has 0 atom stereocenters. The highest BCUT2D eigenvalue weighted by Crippen LogP contribution is 2.11. The standard InChI is InChI=1S/C15H16N4O3/c1-10-7-11(2)18-15(17-10)19-16-8-12-3-5-13(6-4-12)22-9-14(20)21/h3-8H,9H2,1-2H3,(H,20,21)(H,17,18,19)/p-1/b16-8-. The summed E-state index contributed by atoms with van der Waals surface area (Å²) in [7, 11) is 0. The summed E-state index contributed by atoms with van der Waals surface area (Å²) in [5, 5.41) is 14.3. The van der Waals surface area contributed by atoms with Gasteiger partial charge in [0.2, 0.25) is 5.95 Å². The molecule has 0 saturated heterocycles. The van der Waals surface area contributed by atoms with E-state index in [1.54, 1.807) is 30.5 Å². The third-order valence-electron chi connectivity index (χ3n) is 2.60. The number of nitrogens with one attached hydrogen (secondary N) is 1. The van der Waals surface area contributed by atoms with E-state index in [9.17, 15) is 9.90 Å². The van der Waals surface area contributed by atoms with Gasteiger partial charge in [-0.25, -0.2) is 15.4 Å². The number of carboxylic acid groups (broad SMARTS) is 1. The lowest BCUT2D eigenvalue weighted by atomic mass is 10.2. The van der Waals surface area contributed by atoms with Crippen LogP contribution in [0.4, 0.5) is 5.95 Å². The maximum atomic E-state index is 10.3. The molecular formula is C15H15N4O3-. The van der Waals surface area contributed by atoms with Gasteiger partial charge in [-0.05, 0) is 49.7 Å². The van der Waals surface area contributed by atoms with Crippen molar-refractivity contribution in [3.63, 3.8) is 0 Å². The minimum absolute atomic E-state index is 0.433. The van der Waals surface area contributed by atoms with E-state index in [1.165, 1.54) is 0 Å². The van der Waals surface area contributed by atoms with Crippen molar-refractivity contribution in [3.8, 4) is 5.75 Å². The van der Waals surface area contributed by atoms with Crippen molar-refractivity contribution < 1.29 is 14.6 Å². The van der Waals surface area contributed by atoms with Crippen molar-refractivity contribution >= 4 is 18.1 Å². The van der Waals surface area contributed by atoms with Gasteiger partial charge in [-0.15, -0.1) is 0 Å². The first kappa shape index (κ1) is 15.4. The lowest BCUT2D eigenvalue weighted by molar-refractivity contribution is -0.307. The number of hydrazone groups is 1. The molecule has 1 aromatic carbocycles. The van der Waals surface area contributed by atoms with Crippen molar-refractivity contribution in [3.05, 3.63) is 47.3 Å². The SMILES string of the molecule is Cc1cc(C)nc(N/N=C\c2ccc(OCC(=O)[O-])cc2)n1. The van der Waals surface area contributed by atoms with E-state index in [1.807, 2.05) is 19.9 Å². The molecule has 0 aliphatic carbocycles. The number of nitrogens with zero attached hydrogens (tertiary/aromatic N) is 3. The third kappa shape index (κ3) is 4.86. The number of rotatable bonds is 6. The second-order valence-corrected chi connectivity index (χ2v) is 4.57. The Labute approximate surface area is 127 Å². The summed E-state index contributed by atoms with van der Waals surface area (Å²) in [6, 6.07) is 8.67. The fraction of sp³-hybridized carbons (Fsp3) is 0.200. The number of benzene rings is 1. The Morgan fingerprint density at radius 2 is 1.91 bits per heavy atom. The van der Waals surface area contributed by atoms with E-state index in [4.69, 9.17) is 4.74 Å². The summed E-state index contributed by atoms with van der Waals surface area (Å²) < 4.78 is 4.98. The van der Waals surface area contributed by atoms with Gasteiger partial charge in [0.25, 0.3) is 0 Å². The first-order valence-electron chi connectivity index (χ1n) is 6.57. The maximum Gasteiger partial charge on any atom is 0.243 e. The first-order chi connectivity index (χ1) is 10.5. The quantitative estimate of drug-likeness (QED) is 0.621. The van der Waals surface area contributed by atoms with Crippen LogP contribution in [0.2, 0.25) is 0 Å². The molecule has 22 heavy (non-hydrogen) atoms. The van der Waals surface area contributed by atoms with Crippen LogP contribution in [0.25, 0.3) is 0 Å². The number of carbonyl (C=O) groups is 1. The minimum atomic E-state index is -1.26. The van der Waals surface area contributed by atoms with E-state index in [0.29, 0.717) is 11.7 Å². The number of aromatic nitrogens is 2. The number of hydrogen-bond acceptors (Lipinski definition) is 7. The molecule has 0 bridgehead atoms. The molecule has 114 valence electrons. The molecule has 0 spiro atoms. The highest BCUT2D eigenvalue weighted by molar-refractivity contribution is 5.80. The molecule has 7 heteroatoms. The number of carbonyl (C=O) groups excluding carboxylic acids is 1. The zero-order valence-electron chi connectivity index (χ0n) is 12.2. The summed E-state index contributed by atoms with van der Waals surface area (Å²) >= 11 is 0. The van der Waals surface area contributed by atoms with Crippen LogP contribution in [0.1, 0.15) is 17.0 Å². The molecule has 2 aromatic rings. The Hall–Kier alpha value is -2.96. The van der Waals surface area contributed by atoms with Gasteiger partial charge in [0.15, 0.2) is 0 Å². The van der Waals surface area contributed by atoms with Crippen LogP contribution >= 0.6 is 0 Å². The monoisotopic (exact) mass is 299 g/mol. The lowest BCUT2D eigenvalue weighted by Gasteiger charge is -2.06. The van der Waals surface area contributed by atoms with Crippen molar-refractivity contribution in [2.75, 3.05) is 12.0 Å². The van der Waals surface area contributed by atoms with Crippen molar-refractivity contribution in [2.45, 2.75) is 13.8 Å². The molecule has 1 aromatic heterocycles. The Morgan fingerprint density at radius 1 is 1.27 bits per heavy atom. The molecule has 0 aliphatic heterocycles. The molecule has 0 amide bonds. The molecule has 2 rings (SSSR count). The summed E-state index contributed by atoms with van der Waals surface area (Å²) in [6.07, 6.45) is 1.60. The fourth-order valence-corrected chi connectivity index (χ4v) is 1.73. The van der Waals surface area contributed by atoms with Crippen molar-refractivity contribution in [1.29, 1.82) is 0 Å². The Kier molecular flexibility index (Phi) is 5.02. The zero-order valence-corrected chi connectivity index (χ0v) is 12.2. The molecule has 0 unspecified atom stereocenters. The first-order valence-corrected chi connectivity index (χ1v) is 6.57. The molecular weight excluding hydrogens is 284 g/mol. The Bertz CT molecular complexity index is 663. The molecule has 1 N–H and O–H groups in total. The number of hydrogen-bond donors (Lipinski definition) is 1. The predicted octanol–water partition coefficient (Wildman–Crippen LogP) is 0.668. The number of aliphatic carboxylic acids is 1. The number of carboxylic acids is 1. The van der Waals surface area contributed by atoms with Crippen LogP contribution in [0, 0.1) is 13.8 Å². The maximum absolute atomic E-state index is 10.3. The second-order valence-electron chi connectivity index (χ2n) is 4.57. The Balaban J connectivity index is 1.94. The highest BCUT2D eigenvalue weighted by atomic mass is 16.5. The predicted molar refractivity (Wildman–Crippen MR) is 79.7 cm³/mol. The van der Waals surface area contributed by atoms with Gasteiger partial charge in [0.05, 0.1) is 12.2 Å². The van der Waals surface area contributed by atoms with Crippen molar-refractivity contribution in [2.24, 2.45) is 5.10 Å². The fourth-order valence-electron chi connectivity index (χ4n) is 1.73. The smallest absolute Gasteiger partial charge is 0.243 e. The van der Waals surface area contributed by atoms with E-state index in [-0.39, 0.29) is 0 Å². The normalized spacial score (nSPS) is 10.6. The minimum Gasteiger partial charge on any atom is -0.546 e. The second kappa shape index (κ2) is 7.16. The number of aryl methyl sites for hydroxylation is 2. The molecule has 0 radical (unpaired) electrons. The van der Waals surface area contributed by atoms with Gasteiger partial charge in [-0.1, -0.05) is 0 Å². The van der Waals surface area contributed by atoms with Crippen LogP contribution < -0.4 is 15.3 Å². The third-order valence-corrected chi connectivity index (χ3v) is 2.60. The van der Waals surface area contributed by atoms with Gasteiger partial charge in [0.1, 0.15) is 12.4 Å². The van der Waals surface area contributed by atoms with Crippen molar-refractivity contribution in [1.82, 2.24) is 9.97 Å². The molecule has 0 aliphatic rings. The summed E-state index contributed by atoms with van der Waals surface area (Å²) in [5.41, 5.74) is 5.30. The van der Waals surface area contributed by atoms with Crippen LogP contribution in [0.5, 0.6) is 5.75 Å². The van der Waals surface area contributed by atoms with Crippen LogP contribution in [0.3, 0.4) is 0 Å². The topological polar surface area (TPSA) is 99.5 Å². The molecule has 0 fully saturated rings. The van der Waals surface area contributed by atoms with Gasteiger partial charge in [-0.2, -0.15) is 5.10 Å². The lowest BCUT2D eigenvalue weighted by Crippen LogP contribution is -2.28. The van der Waals surface area contributed by atoms with Gasteiger partial charge in [0, 0.05) is 11.4 Å².